The molecule has 0 aliphatic heterocycles. The van der Waals surface area contributed by atoms with Crippen molar-refractivity contribution in [2.75, 3.05) is 6.79 Å². The van der Waals surface area contributed by atoms with E-state index in [-0.39, 0.29) is 6.79 Å². The van der Waals surface area contributed by atoms with Crippen LogP contribution in [-0.4, -0.2) is 23.0 Å². The fourth-order valence-electron chi connectivity index (χ4n) is 1.70. The molecule has 1 aliphatic rings. The highest BCUT2D eigenvalue weighted by Gasteiger charge is 2.51. The summed E-state index contributed by atoms with van der Waals surface area (Å²) in [7, 11) is 0. The molecular formula is C11H12O4. The SMILES string of the molecule is O=C(O)C1(c2ccc(OCO)cc2)CC1. The molecule has 2 rings (SSSR count). The molecule has 0 atom stereocenters. The fourth-order valence-corrected chi connectivity index (χ4v) is 1.70. The van der Waals surface area contributed by atoms with Crippen LogP contribution in [0, 0.1) is 0 Å². The largest absolute Gasteiger partial charge is 0.481 e. The Bertz CT molecular complexity index is 365. The molecule has 1 fully saturated rings. The van der Waals surface area contributed by atoms with Crippen molar-refractivity contribution in [2.24, 2.45) is 0 Å². The second-order valence-electron chi connectivity index (χ2n) is 3.69. The van der Waals surface area contributed by atoms with Gasteiger partial charge >= 0.3 is 5.97 Å². The van der Waals surface area contributed by atoms with Crippen LogP contribution in [0.15, 0.2) is 24.3 Å². The topological polar surface area (TPSA) is 66.8 Å². The molecule has 15 heavy (non-hydrogen) atoms. The van der Waals surface area contributed by atoms with Crippen LogP contribution in [-0.2, 0) is 10.2 Å². The second-order valence-corrected chi connectivity index (χ2v) is 3.69. The van der Waals surface area contributed by atoms with Crippen molar-refractivity contribution < 1.29 is 19.7 Å². The minimum Gasteiger partial charge on any atom is -0.481 e. The maximum Gasteiger partial charge on any atom is 0.314 e. The van der Waals surface area contributed by atoms with Gasteiger partial charge in [-0.15, -0.1) is 0 Å². The monoisotopic (exact) mass is 208 g/mol. The number of aliphatic carboxylic acids is 1. The van der Waals surface area contributed by atoms with E-state index in [1.165, 1.54) is 0 Å². The Kier molecular flexibility index (Phi) is 2.36. The maximum atomic E-state index is 11.0. The average Bonchev–Trinajstić information content (AvgIpc) is 3.00. The van der Waals surface area contributed by atoms with E-state index in [2.05, 4.69) is 0 Å². The summed E-state index contributed by atoms with van der Waals surface area (Å²) in [5.74, 6) is -0.222. The van der Waals surface area contributed by atoms with Crippen molar-refractivity contribution in [3.8, 4) is 5.75 Å². The molecule has 0 heterocycles. The molecule has 0 radical (unpaired) electrons. The summed E-state index contributed by atoms with van der Waals surface area (Å²) in [5, 5.41) is 17.6. The van der Waals surface area contributed by atoms with Gasteiger partial charge in [0.1, 0.15) is 5.75 Å². The predicted octanol–water partition coefficient (Wildman–Crippen LogP) is 1.13. The van der Waals surface area contributed by atoms with Gasteiger partial charge in [-0.1, -0.05) is 12.1 Å². The van der Waals surface area contributed by atoms with Crippen LogP contribution < -0.4 is 4.74 Å². The number of rotatable bonds is 4. The highest BCUT2D eigenvalue weighted by Crippen LogP contribution is 2.48. The van der Waals surface area contributed by atoms with Crippen molar-refractivity contribution in [1.29, 1.82) is 0 Å². The first kappa shape index (κ1) is 9.98. The molecule has 0 unspecified atom stereocenters. The van der Waals surface area contributed by atoms with E-state index in [4.69, 9.17) is 14.9 Å². The lowest BCUT2D eigenvalue weighted by molar-refractivity contribution is -0.140. The van der Waals surface area contributed by atoms with Crippen molar-refractivity contribution in [3.05, 3.63) is 29.8 Å². The van der Waals surface area contributed by atoms with Gasteiger partial charge in [-0.3, -0.25) is 4.79 Å². The van der Waals surface area contributed by atoms with Crippen molar-refractivity contribution in [2.45, 2.75) is 18.3 Å². The number of carboxylic acid groups (broad SMARTS) is 1. The number of hydrogen-bond acceptors (Lipinski definition) is 3. The van der Waals surface area contributed by atoms with Gasteiger partial charge in [0.15, 0.2) is 6.79 Å². The highest BCUT2D eigenvalue weighted by molar-refractivity contribution is 5.84. The number of carbonyl (C=O) groups is 1. The van der Waals surface area contributed by atoms with Crippen LogP contribution in [0.25, 0.3) is 0 Å². The first-order chi connectivity index (χ1) is 7.19. The molecule has 0 aromatic heterocycles. The van der Waals surface area contributed by atoms with E-state index >= 15 is 0 Å². The maximum absolute atomic E-state index is 11.0. The van der Waals surface area contributed by atoms with Gasteiger partial charge in [0.05, 0.1) is 5.41 Å². The standard InChI is InChI=1S/C11H12O4/c12-7-15-9-3-1-8(2-4-9)11(5-6-11)10(13)14/h1-4,12H,5-7H2,(H,13,14). The fraction of sp³-hybridized carbons (Fsp3) is 0.364. The van der Waals surface area contributed by atoms with Gasteiger partial charge in [-0.2, -0.15) is 0 Å². The molecule has 1 aliphatic carbocycles. The first-order valence-electron chi connectivity index (χ1n) is 4.77. The molecular weight excluding hydrogens is 196 g/mol. The minimum atomic E-state index is -0.765. The smallest absolute Gasteiger partial charge is 0.314 e. The Hall–Kier alpha value is -1.55. The summed E-state index contributed by atoms with van der Waals surface area (Å²) < 4.78 is 4.86. The van der Waals surface area contributed by atoms with Gasteiger partial charge < -0.3 is 14.9 Å². The van der Waals surface area contributed by atoms with Gasteiger partial charge in [0, 0.05) is 0 Å². The lowest BCUT2D eigenvalue weighted by atomic mass is 9.96. The Morgan fingerprint density at radius 1 is 1.33 bits per heavy atom. The Morgan fingerprint density at radius 2 is 1.93 bits per heavy atom. The molecule has 4 nitrogen and oxygen atoms in total. The average molecular weight is 208 g/mol. The van der Waals surface area contributed by atoms with Crippen molar-refractivity contribution >= 4 is 5.97 Å². The van der Waals surface area contributed by atoms with Gasteiger partial charge in [-0.25, -0.2) is 0 Å². The number of ether oxygens (including phenoxy) is 1. The van der Waals surface area contributed by atoms with Crippen LogP contribution in [0.4, 0.5) is 0 Å². The third kappa shape index (κ3) is 1.68. The number of benzene rings is 1. The van der Waals surface area contributed by atoms with Gasteiger partial charge in [-0.05, 0) is 30.5 Å². The molecule has 4 heteroatoms. The molecule has 1 aromatic carbocycles. The molecule has 0 saturated heterocycles. The van der Waals surface area contributed by atoms with E-state index in [1.54, 1.807) is 24.3 Å². The predicted molar refractivity (Wildman–Crippen MR) is 52.7 cm³/mol. The van der Waals surface area contributed by atoms with Crippen LogP contribution in [0.2, 0.25) is 0 Å². The second kappa shape index (κ2) is 3.55. The molecule has 0 amide bonds. The van der Waals surface area contributed by atoms with Crippen LogP contribution in [0.3, 0.4) is 0 Å². The molecule has 1 saturated carbocycles. The first-order valence-corrected chi connectivity index (χ1v) is 4.77. The minimum absolute atomic E-state index is 0.372. The number of hydrogen-bond donors (Lipinski definition) is 2. The van der Waals surface area contributed by atoms with Crippen LogP contribution in [0.1, 0.15) is 18.4 Å². The lowest BCUT2D eigenvalue weighted by Crippen LogP contribution is -2.19. The van der Waals surface area contributed by atoms with Gasteiger partial charge in [0.25, 0.3) is 0 Å². The summed E-state index contributed by atoms with van der Waals surface area (Å²) in [4.78, 5) is 11.0. The van der Waals surface area contributed by atoms with Crippen LogP contribution >= 0.6 is 0 Å². The summed E-state index contributed by atoms with van der Waals surface area (Å²) in [6, 6.07) is 6.83. The number of aliphatic hydroxyl groups is 1. The van der Waals surface area contributed by atoms with E-state index in [0.717, 1.165) is 5.56 Å². The zero-order valence-corrected chi connectivity index (χ0v) is 8.14. The molecule has 0 bridgehead atoms. The number of aliphatic hydroxyl groups excluding tert-OH is 1. The zero-order valence-electron chi connectivity index (χ0n) is 8.14. The Labute approximate surface area is 87.1 Å². The van der Waals surface area contributed by atoms with Crippen LogP contribution in [0.5, 0.6) is 5.75 Å². The van der Waals surface area contributed by atoms with E-state index < -0.39 is 11.4 Å². The molecule has 0 spiro atoms. The molecule has 2 N–H and O–H groups in total. The summed E-state index contributed by atoms with van der Waals surface area (Å²) in [5.41, 5.74) is 0.137. The van der Waals surface area contributed by atoms with E-state index in [0.29, 0.717) is 18.6 Å². The summed E-state index contributed by atoms with van der Waals surface area (Å²) in [6.07, 6.45) is 1.39. The Balaban J connectivity index is 2.20. The summed E-state index contributed by atoms with van der Waals surface area (Å²) >= 11 is 0. The molecule has 80 valence electrons. The zero-order chi connectivity index (χ0) is 10.9. The third-order valence-electron chi connectivity index (χ3n) is 2.80. The van der Waals surface area contributed by atoms with Gasteiger partial charge in [0.2, 0.25) is 0 Å². The summed E-state index contributed by atoms with van der Waals surface area (Å²) in [6.45, 7) is -0.372. The third-order valence-corrected chi connectivity index (χ3v) is 2.80. The quantitative estimate of drug-likeness (QED) is 0.728. The number of carboxylic acids is 1. The Morgan fingerprint density at radius 3 is 2.33 bits per heavy atom. The van der Waals surface area contributed by atoms with Crippen molar-refractivity contribution in [3.63, 3.8) is 0 Å². The van der Waals surface area contributed by atoms with E-state index in [9.17, 15) is 4.79 Å². The lowest BCUT2D eigenvalue weighted by Gasteiger charge is -2.10. The molecule has 1 aromatic rings. The van der Waals surface area contributed by atoms with Crippen molar-refractivity contribution in [1.82, 2.24) is 0 Å². The highest BCUT2D eigenvalue weighted by atomic mass is 16.6. The van der Waals surface area contributed by atoms with E-state index in [1.807, 2.05) is 0 Å². The normalized spacial score (nSPS) is 17.1.